The van der Waals surface area contributed by atoms with Gasteiger partial charge >= 0.3 is 0 Å². The first-order valence-corrected chi connectivity index (χ1v) is 7.81. The van der Waals surface area contributed by atoms with Crippen LogP contribution in [0.2, 0.25) is 0 Å². The number of nitrogens with zero attached hydrogens (tertiary/aromatic N) is 2. The monoisotopic (exact) mass is 353 g/mol. The number of anilines is 1. The Labute approximate surface area is 151 Å². The smallest absolute Gasteiger partial charge is 0.268 e. The molecule has 0 saturated carbocycles. The van der Waals surface area contributed by atoms with E-state index in [1.807, 2.05) is 6.07 Å². The molecule has 2 aromatic carbocycles. The molecule has 1 amide bonds. The summed E-state index contributed by atoms with van der Waals surface area (Å²) in [6.45, 7) is 1.56. The van der Waals surface area contributed by atoms with Crippen LogP contribution in [0.1, 0.15) is 18.1 Å². The van der Waals surface area contributed by atoms with E-state index in [1.54, 1.807) is 56.5 Å². The molecule has 0 radical (unpaired) electrons. The summed E-state index contributed by atoms with van der Waals surface area (Å²) >= 11 is 0. The summed E-state index contributed by atoms with van der Waals surface area (Å²) in [4.78, 5) is 17.4. The van der Waals surface area contributed by atoms with E-state index in [-0.39, 0.29) is 0 Å². The minimum atomic E-state index is -0.852. The van der Waals surface area contributed by atoms with Crippen LogP contribution in [0.4, 0.5) is 5.69 Å². The summed E-state index contributed by atoms with van der Waals surface area (Å²) in [6, 6.07) is 14.1. The number of benzene rings is 2. The first-order valence-electron chi connectivity index (χ1n) is 7.81. The number of hydrogen-bond acceptors (Lipinski definition) is 6. The number of nitrogens with one attached hydrogen (secondary N) is 1. The van der Waals surface area contributed by atoms with Gasteiger partial charge in [-0.2, -0.15) is 5.26 Å². The van der Waals surface area contributed by atoms with E-state index in [4.69, 9.17) is 19.6 Å². The molecule has 0 aromatic heterocycles. The molecule has 2 aromatic rings. The number of carbonyl (C=O) groups excluding carboxylic acids is 1. The Morgan fingerprint density at radius 2 is 1.96 bits per heavy atom. The maximum atomic E-state index is 12.2. The molecular formula is C19H19N3O4. The maximum absolute atomic E-state index is 12.2. The summed E-state index contributed by atoms with van der Waals surface area (Å²) in [5.74, 6) is 0.667. The van der Waals surface area contributed by atoms with Gasteiger partial charge in [-0.15, -0.1) is 0 Å². The molecule has 0 saturated heterocycles. The molecule has 2 rings (SSSR count). The molecule has 0 aliphatic heterocycles. The Bertz CT molecular complexity index is 843. The zero-order valence-electron chi connectivity index (χ0n) is 14.7. The molecule has 0 bridgehead atoms. The second-order valence-electron chi connectivity index (χ2n) is 5.21. The number of ether oxygens (including phenoxy) is 2. The average Bonchev–Trinajstić information content (AvgIpc) is 2.67. The Morgan fingerprint density at radius 1 is 1.19 bits per heavy atom. The molecule has 0 unspecified atom stereocenters. The van der Waals surface area contributed by atoms with E-state index < -0.39 is 12.0 Å². The van der Waals surface area contributed by atoms with Crippen LogP contribution in [0.3, 0.4) is 0 Å². The van der Waals surface area contributed by atoms with E-state index >= 15 is 0 Å². The number of methoxy groups -OCH3 is 2. The number of para-hydroxylation sites is 2. The van der Waals surface area contributed by atoms with E-state index in [0.717, 1.165) is 0 Å². The number of amides is 1. The van der Waals surface area contributed by atoms with E-state index in [0.29, 0.717) is 28.3 Å². The summed E-state index contributed by atoms with van der Waals surface area (Å²) in [5, 5.41) is 15.5. The van der Waals surface area contributed by atoms with Crippen LogP contribution in [-0.4, -0.2) is 32.4 Å². The van der Waals surface area contributed by atoms with Gasteiger partial charge in [0.25, 0.3) is 5.91 Å². The second kappa shape index (κ2) is 9.08. The molecule has 0 fully saturated rings. The van der Waals surface area contributed by atoms with Crippen molar-refractivity contribution in [3.8, 4) is 17.6 Å². The zero-order valence-corrected chi connectivity index (χ0v) is 14.7. The Hall–Kier alpha value is -3.53. The Morgan fingerprint density at radius 3 is 2.65 bits per heavy atom. The van der Waals surface area contributed by atoms with Crippen LogP contribution in [0.5, 0.6) is 11.5 Å². The molecule has 0 aliphatic carbocycles. The van der Waals surface area contributed by atoms with Gasteiger partial charge in [0, 0.05) is 5.56 Å². The topological polar surface area (TPSA) is 92.9 Å². The first-order chi connectivity index (χ1) is 12.6. The van der Waals surface area contributed by atoms with Gasteiger partial charge in [-0.1, -0.05) is 23.4 Å². The highest BCUT2D eigenvalue weighted by Gasteiger charge is 2.16. The fraction of sp³-hybridized carbons (Fsp3) is 0.211. The molecule has 1 N–H and O–H groups in total. The molecule has 0 aliphatic rings. The van der Waals surface area contributed by atoms with Crippen molar-refractivity contribution in [2.75, 3.05) is 19.5 Å². The number of hydrogen-bond donors (Lipinski definition) is 1. The summed E-state index contributed by atoms with van der Waals surface area (Å²) < 4.78 is 10.5. The quantitative estimate of drug-likeness (QED) is 0.610. The standard InChI is InChI=1S/C19H19N3O4/c1-13(19(23)22-16-9-5-4-7-14(16)11-20)26-21-12-15-8-6-10-17(24-2)18(15)25-3/h4-10,12-13H,1-3H3,(H,22,23)/b21-12-/t13-/m0/s1. The summed E-state index contributed by atoms with van der Waals surface area (Å²) in [6.07, 6.45) is 0.587. The molecule has 7 heteroatoms. The average molecular weight is 353 g/mol. The maximum Gasteiger partial charge on any atom is 0.268 e. The highest BCUT2D eigenvalue weighted by molar-refractivity contribution is 5.95. The van der Waals surface area contributed by atoms with Gasteiger partial charge in [-0.25, -0.2) is 0 Å². The molecule has 134 valence electrons. The van der Waals surface area contributed by atoms with Gasteiger partial charge in [0.05, 0.1) is 31.7 Å². The van der Waals surface area contributed by atoms with Gasteiger partial charge in [-0.05, 0) is 31.2 Å². The predicted octanol–water partition coefficient (Wildman–Crippen LogP) is 2.95. The van der Waals surface area contributed by atoms with Gasteiger partial charge in [0.2, 0.25) is 6.10 Å². The lowest BCUT2D eigenvalue weighted by molar-refractivity contribution is -0.126. The van der Waals surface area contributed by atoms with Crippen LogP contribution < -0.4 is 14.8 Å². The zero-order chi connectivity index (χ0) is 18.9. The minimum Gasteiger partial charge on any atom is -0.493 e. The molecule has 1 atom stereocenters. The van der Waals surface area contributed by atoms with Gasteiger partial charge in [0.15, 0.2) is 11.5 Å². The second-order valence-corrected chi connectivity index (χ2v) is 5.21. The van der Waals surface area contributed by atoms with Crippen molar-refractivity contribution in [2.24, 2.45) is 5.16 Å². The van der Waals surface area contributed by atoms with Crippen molar-refractivity contribution in [3.05, 3.63) is 53.6 Å². The highest BCUT2D eigenvalue weighted by Crippen LogP contribution is 2.29. The van der Waals surface area contributed by atoms with Gasteiger partial charge in [0.1, 0.15) is 6.07 Å². The number of oxime groups is 1. The van der Waals surface area contributed by atoms with Crippen LogP contribution >= 0.6 is 0 Å². The van der Waals surface area contributed by atoms with Crippen molar-refractivity contribution >= 4 is 17.8 Å². The van der Waals surface area contributed by atoms with E-state index in [9.17, 15) is 4.79 Å². The molecular weight excluding hydrogens is 334 g/mol. The predicted molar refractivity (Wildman–Crippen MR) is 97.5 cm³/mol. The molecule has 0 heterocycles. The van der Waals surface area contributed by atoms with Crippen molar-refractivity contribution < 1.29 is 19.1 Å². The van der Waals surface area contributed by atoms with Gasteiger partial charge in [-0.3, -0.25) is 4.79 Å². The molecule has 7 nitrogen and oxygen atoms in total. The highest BCUT2D eigenvalue weighted by atomic mass is 16.6. The van der Waals surface area contributed by atoms with Crippen molar-refractivity contribution in [3.63, 3.8) is 0 Å². The number of nitriles is 1. The lowest BCUT2D eigenvalue weighted by Gasteiger charge is -2.12. The largest absolute Gasteiger partial charge is 0.493 e. The van der Waals surface area contributed by atoms with E-state index in [1.165, 1.54) is 13.3 Å². The van der Waals surface area contributed by atoms with Crippen molar-refractivity contribution in [1.29, 1.82) is 5.26 Å². The third-order valence-corrected chi connectivity index (χ3v) is 3.52. The summed E-state index contributed by atoms with van der Waals surface area (Å²) in [7, 11) is 3.07. The van der Waals surface area contributed by atoms with Gasteiger partial charge < -0.3 is 19.6 Å². The van der Waals surface area contributed by atoms with E-state index in [2.05, 4.69) is 10.5 Å². The number of carbonyl (C=O) groups is 1. The first kappa shape index (κ1) is 18.8. The SMILES string of the molecule is COc1cccc(/C=N\O[C@@H](C)C(=O)Nc2ccccc2C#N)c1OC. The third-order valence-electron chi connectivity index (χ3n) is 3.52. The third kappa shape index (κ3) is 4.51. The lowest BCUT2D eigenvalue weighted by atomic mass is 10.2. The summed E-state index contributed by atoms with van der Waals surface area (Å²) in [5.41, 5.74) is 1.45. The van der Waals surface area contributed by atoms with Crippen molar-refractivity contribution in [1.82, 2.24) is 0 Å². The van der Waals surface area contributed by atoms with Crippen LogP contribution in [0.15, 0.2) is 47.6 Å². The molecule has 0 spiro atoms. The van der Waals surface area contributed by atoms with Crippen LogP contribution in [0.25, 0.3) is 0 Å². The van der Waals surface area contributed by atoms with Crippen LogP contribution in [-0.2, 0) is 9.63 Å². The fourth-order valence-electron chi connectivity index (χ4n) is 2.16. The minimum absolute atomic E-state index is 0.373. The van der Waals surface area contributed by atoms with Crippen molar-refractivity contribution in [2.45, 2.75) is 13.0 Å². The lowest BCUT2D eigenvalue weighted by Crippen LogP contribution is -2.26. The Balaban J connectivity index is 2.02. The normalized spacial score (nSPS) is 11.5. The van der Waals surface area contributed by atoms with Crippen LogP contribution in [0, 0.1) is 11.3 Å². The molecule has 26 heavy (non-hydrogen) atoms. The fourth-order valence-corrected chi connectivity index (χ4v) is 2.16. The Kier molecular flexibility index (Phi) is 6.57. The number of rotatable bonds is 7.